The molecule has 0 heterocycles. The molecule has 17 heavy (non-hydrogen) atoms. The van der Waals surface area contributed by atoms with E-state index in [-0.39, 0.29) is 17.9 Å². The van der Waals surface area contributed by atoms with Crippen molar-refractivity contribution in [3.63, 3.8) is 0 Å². The molecule has 0 aliphatic heterocycles. The molecule has 0 radical (unpaired) electrons. The molecule has 4 atom stereocenters. The molecular weight excluding hydrogens is 216 g/mol. The predicted molar refractivity (Wildman–Crippen MR) is 66.4 cm³/mol. The number of hydrogen-bond donors (Lipinski definition) is 2. The summed E-state index contributed by atoms with van der Waals surface area (Å²) >= 11 is 0. The highest BCUT2D eigenvalue weighted by atomic mass is 16.5. The lowest BCUT2D eigenvalue weighted by molar-refractivity contribution is -0.126. The molecule has 0 aromatic heterocycles. The van der Waals surface area contributed by atoms with Crippen LogP contribution >= 0.6 is 0 Å². The van der Waals surface area contributed by atoms with Crippen LogP contribution in [0.25, 0.3) is 0 Å². The van der Waals surface area contributed by atoms with Crippen LogP contribution in [-0.2, 0) is 9.53 Å². The second kappa shape index (κ2) is 5.83. The number of ether oxygens (including phenoxy) is 1. The Kier molecular flexibility index (Phi) is 4.40. The van der Waals surface area contributed by atoms with Crippen LogP contribution in [0.3, 0.4) is 0 Å². The minimum Gasteiger partial charge on any atom is -0.383 e. The Morgan fingerprint density at radius 2 is 2.29 bits per heavy atom. The number of nitrogens with two attached hydrogens (primary N) is 1. The van der Waals surface area contributed by atoms with Crippen LogP contribution in [0.2, 0.25) is 0 Å². The van der Waals surface area contributed by atoms with E-state index in [9.17, 15) is 4.79 Å². The first-order chi connectivity index (χ1) is 8.20. The summed E-state index contributed by atoms with van der Waals surface area (Å²) in [6, 6.07) is 0.0281. The van der Waals surface area contributed by atoms with Gasteiger partial charge in [0.2, 0.25) is 5.91 Å². The zero-order chi connectivity index (χ0) is 12.3. The number of fused-ring (bicyclic) bond motifs is 2. The number of carbonyl (C=O) groups is 1. The van der Waals surface area contributed by atoms with Crippen molar-refractivity contribution in [1.82, 2.24) is 5.32 Å². The third kappa shape index (κ3) is 3.19. The van der Waals surface area contributed by atoms with E-state index in [0.717, 1.165) is 18.8 Å². The van der Waals surface area contributed by atoms with Gasteiger partial charge in [0.1, 0.15) is 0 Å². The number of rotatable bonds is 6. The van der Waals surface area contributed by atoms with Crippen molar-refractivity contribution in [2.75, 3.05) is 20.3 Å². The van der Waals surface area contributed by atoms with Crippen molar-refractivity contribution >= 4 is 5.91 Å². The Balaban J connectivity index is 1.64. The van der Waals surface area contributed by atoms with Gasteiger partial charge < -0.3 is 15.8 Å². The Morgan fingerprint density at radius 3 is 2.88 bits per heavy atom. The van der Waals surface area contributed by atoms with Crippen molar-refractivity contribution in [3.8, 4) is 0 Å². The summed E-state index contributed by atoms with van der Waals surface area (Å²) in [5.74, 6) is 2.02. The fraction of sp³-hybridized carbons (Fsp3) is 0.923. The van der Waals surface area contributed by atoms with Crippen molar-refractivity contribution in [2.45, 2.75) is 38.1 Å². The molecule has 2 fully saturated rings. The first kappa shape index (κ1) is 12.8. The molecule has 3 N–H and O–H groups in total. The van der Waals surface area contributed by atoms with Crippen LogP contribution < -0.4 is 11.1 Å². The Bertz CT molecular complexity index is 270. The largest absolute Gasteiger partial charge is 0.383 e. The molecule has 4 nitrogen and oxygen atoms in total. The molecule has 0 aromatic carbocycles. The highest BCUT2D eigenvalue weighted by molar-refractivity contribution is 5.79. The second-order valence-corrected chi connectivity index (χ2v) is 5.58. The monoisotopic (exact) mass is 240 g/mol. The summed E-state index contributed by atoms with van der Waals surface area (Å²) in [6.45, 7) is 1.24. The first-order valence-corrected chi connectivity index (χ1v) is 6.73. The van der Waals surface area contributed by atoms with E-state index >= 15 is 0 Å². The van der Waals surface area contributed by atoms with Crippen LogP contribution in [0.15, 0.2) is 0 Å². The topological polar surface area (TPSA) is 64.3 Å². The number of carbonyl (C=O) groups excluding carboxylic acids is 1. The molecule has 0 saturated heterocycles. The number of amides is 1. The molecule has 2 aliphatic carbocycles. The van der Waals surface area contributed by atoms with E-state index in [4.69, 9.17) is 10.5 Å². The Morgan fingerprint density at radius 1 is 1.47 bits per heavy atom. The minimum atomic E-state index is 0.0281. The van der Waals surface area contributed by atoms with E-state index in [0.29, 0.717) is 19.1 Å². The van der Waals surface area contributed by atoms with Gasteiger partial charge in [-0.1, -0.05) is 6.42 Å². The molecular formula is C13H24N2O2. The summed E-state index contributed by atoms with van der Waals surface area (Å²) in [7, 11) is 1.65. The number of hydrogen-bond acceptors (Lipinski definition) is 3. The number of nitrogens with one attached hydrogen (secondary N) is 1. The van der Waals surface area contributed by atoms with E-state index in [1.807, 2.05) is 0 Å². The average Bonchev–Trinajstić information content (AvgIpc) is 2.90. The maximum atomic E-state index is 12.0. The lowest BCUT2D eigenvalue weighted by atomic mass is 9.88. The van der Waals surface area contributed by atoms with Crippen LogP contribution in [0.1, 0.15) is 32.1 Å². The van der Waals surface area contributed by atoms with Gasteiger partial charge >= 0.3 is 0 Å². The third-order valence-corrected chi connectivity index (χ3v) is 4.27. The SMILES string of the molecule is COCC(N)CCNC(=O)C1CC2CCC1C2. The van der Waals surface area contributed by atoms with Crippen LogP contribution in [-0.4, -0.2) is 32.2 Å². The van der Waals surface area contributed by atoms with Crippen molar-refractivity contribution in [2.24, 2.45) is 23.5 Å². The van der Waals surface area contributed by atoms with Crippen LogP contribution in [0, 0.1) is 17.8 Å². The van der Waals surface area contributed by atoms with Gasteiger partial charge in [0.15, 0.2) is 0 Å². The minimum absolute atomic E-state index is 0.0281. The maximum Gasteiger partial charge on any atom is 0.223 e. The van der Waals surface area contributed by atoms with Gasteiger partial charge in [-0.2, -0.15) is 0 Å². The molecule has 2 bridgehead atoms. The molecule has 4 heteroatoms. The van der Waals surface area contributed by atoms with E-state index in [2.05, 4.69) is 5.32 Å². The fourth-order valence-electron chi connectivity index (χ4n) is 3.38. The standard InChI is InChI=1S/C13H24N2O2/c1-17-8-11(14)4-5-15-13(16)12-7-9-2-3-10(12)6-9/h9-12H,2-8,14H2,1H3,(H,15,16). The third-order valence-electron chi connectivity index (χ3n) is 4.27. The molecule has 4 unspecified atom stereocenters. The fourth-order valence-corrected chi connectivity index (χ4v) is 3.38. The second-order valence-electron chi connectivity index (χ2n) is 5.58. The van der Waals surface area contributed by atoms with Gasteiger partial charge in [-0.15, -0.1) is 0 Å². The molecule has 98 valence electrons. The summed E-state index contributed by atoms with van der Waals surface area (Å²) in [4.78, 5) is 12.0. The highest BCUT2D eigenvalue weighted by Gasteiger charge is 2.42. The average molecular weight is 240 g/mol. The van der Waals surface area contributed by atoms with Gasteiger partial charge in [0.05, 0.1) is 6.61 Å². The maximum absolute atomic E-state index is 12.0. The van der Waals surface area contributed by atoms with Crippen molar-refractivity contribution in [3.05, 3.63) is 0 Å². The first-order valence-electron chi connectivity index (χ1n) is 6.73. The predicted octanol–water partition coefficient (Wildman–Crippen LogP) is 0.903. The zero-order valence-corrected chi connectivity index (χ0v) is 10.7. The summed E-state index contributed by atoms with van der Waals surface area (Å²) in [5.41, 5.74) is 5.81. The summed E-state index contributed by atoms with van der Waals surface area (Å²) < 4.78 is 4.96. The van der Waals surface area contributed by atoms with Crippen molar-refractivity contribution in [1.29, 1.82) is 0 Å². The van der Waals surface area contributed by atoms with Crippen LogP contribution in [0.5, 0.6) is 0 Å². The van der Waals surface area contributed by atoms with Crippen molar-refractivity contribution < 1.29 is 9.53 Å². The molecule has 2 saturated carbocycles. The van der Waals surface area contributed by atoms with Crippen LogP contribution in [0.4, 0.5) is 0 Å². The lowest BCUT2D eigenvalue weighted by Gasteiger charge is -2.21. The molecule has 0 spiro atoms. The Hall–Kier alpha value is -0.610. The summed E-state index contributed by atoms with van der Waals surface area (Å²) in [5, 5.41) is 3.02. The molecule has 1 amide bonds. The normalized spacial score (nSPS) is 32.7. The molecule has 0 aromatic rings. The zero-order valence-electron chi connectivity index (χ0n) is 10.7. The Labute approximate surface area is 103 Å². The van der Waals surface area contributed by atoms with E-state index in [1.54, 1.807) is 7.11 Å². The van der Waals surface area contributed by atoms with Gasteiger partial charge in [0, 0.05) is 25.6 Å². The van der Waals surface area contributed by atoms with E-state index in [1.165, 1.54) is 19.3 Å². The molecule has 2 aliphatic rings. The van der Waals surface area contributed by atoms with E-state index < -0.39 is 0 Å². The van der Waals surface area contributed by atoms with Gasteiger partial charge in [-0.25, -0.2) is 0 Å². The highest BCUT2D eigenvalue weighted by Crippen LogP contribution is 2.48. The van der Waals surface area contributed by atoms with Gasteiger partial charge in [-0.3, -0.25) is 4.79 Å². The smallest absolute Gasteiger partial charge is 0.223 e. The quantitative estimate of drug-likeness (QED) is 0.725. The van der Waals surface area contributed by atoms with Gasteiger partial charge in [-0.05, 0) is 37.5 Å². The molecule has 2 rings (SSSR count). The lowest BCUT2D eigenvalue weighted by Crippen LogP contribution is -2.37. The summed E-state index contributed by atoms with van der Waals surface area (Å²) in [6.07, 6.45) is 5.78. The van der Waals surface area contributed by atoms with Gasteiger partial charge in [0.25, 0.3) is 0 Å². The number of methoxy groups -OCH3 is 1.